The Bertz CT molecular complexity index is 466. The van der Waals surface area contributed by atoms with Crippen molar-refractivity contribution >= 4 is 27.5 Å². The van der Waals surface area contributed by atoms with Crippen LogP contribution in [0.4, 0.5) is 0 Å². The van der Waals surface area contributed by atoms with Gasteiger partial charge in [-0.2, -0.15) is 0 Å². The van der Waals surface area contributed by atoms with Crippen LogP contribution in [-0.4, -0.2) is 31.6 Å². The third-order valence-corrected chi connectivity index (χ3v) is 5.66. The van der Waals surface area contributed by atoms with E-state index in [4.69, 9.17) is 11.6 Å². The van der Waals surface area contributed by atoms with Gasteiger partial charge in [0.1, 0.15) is 0 Å². The highest BCUT2D eigenvalue weighted by atomic mass is 79.9. The summed E-state index contributed by atoms with van der Waals surface area (Å²) in [4.78, 5) is 2.60. The number of hydrogen-bond donors (Lipinski definition) is 1. The fraction of sp³-hybridized carbons (Fsp3) is 0.647. The van der Waals surface area contributed by atoms with Gasteiger partial charge in [0.2, 0.25) is 0 Å². The smallest absolute Gasteiger partial charge is 0.0465 e. The van der Waals surface area contributed by atoms with Crippen LogP contribution in [-0.2, 0) is 0 Å². The van der Waals surface area contributed by atoms with Crippen molar-refractivity contribution in [2.45, 2.75) is 32.7 Å². The molecule has 0 saturated carbocycles. The summed E-state index contributed by atoms with van der Waals surface area (Å²) in [5.41, 5.74) is 1.20. The Morgan fingerprint density at radius 3 is 2.76 bits per heavy atom. The molecular weight excluding hydrogens is 348 g/mol. The van der Waals surface area contributed by atoms with Crippen molar-refractivity contribution in [1.82, 2.24) is 10.2 Å². The van der Waals surface area contributed by atoms with Crippen LogP contribution < -0.4 is 5.32 Å². The lowest BCUT2D eigenvalue weighted by Crippen LogP contribution is -2.39. The number of hydrogen-bond acceptors (Lipinski definition) is 2. The summed E-state index contributed by atoms with van der Waals surface area (Å²) in [5.74, 6) is 1.67. The van der Waals surface area contributed by atoms with Crippen molar-refractivity contribution in [1.29, 1.82) is 0 Å². The van der Waals surface area contributed by atoms with Crippen LogP contribution in [0.3, 0.4) is 0 Å². The molecule has 4 heteroatoms. The van der Waals surface area contributed by atoms with E-state index in [-0.39, 0.29) is 0 Å². The molecule has 1 aromatic rings. The van der Waals surface area contributed by atoms with E-state index in [0.717, 1.165) is 34.3 Å². The van der Waals surface area contributed by atoms with E-state index in [0.29, 0.717) is 6.04 Å². The van der Waals surface area contributed by atoms with Crippen LogP contribution in [0.5, 0.6) is 0 Å². The number of likely N-dealkylation sites (tertiary alicyclic amines) is 1. The third kappa shape index (κ3) is 4.69. The Kier molecular flexibility index (Phi) is 6.54. The van der Waals surface area contributed by atoms with Gasteiger partial charge >= 0.3 is 0 Å². The molecule has 0 aromatic heterocycles. The summed E-state index contributed by atoms with van der Waals surface area (Å²) < 4.78 is 1.03. The van der Waals surface area contributed by atoms with Gasteiger partial charge in [0.25, 0.3) is 0 Å². The molecule has 118 valence electrons. The molecule has 1 aromatic carbocycles. The molecule has 0 spiro atoms. The molecule has 2 nitrogen and oxygen atoms in total. The standard InChI is InChI=1S/C17H26BrClN2/c1-12-6-8-21(11-13(12)2)9-7-17(20-3)15-5-4-14(18)10-16(15)19/h4-5,10,12-13,17,20H,6-9,11H2,1-3H3. The molecule has 1 aliphatic heterocycles. The molecule has 0 radical (unpaired) electrons. The van der Waals surface area contributed by atoms with Gasteiger partial charge in [-0.3, -0.25) is 0 Å². The van der Waals surface area contributed by atoms with Crippen LogP contribution in [0.2, 0.25) is 5.02 Å². The monoisotopic (exact) mass is 372 g/mol. The summed E-state index contributed by atoms with van der Waals surface area (Å²) >= 11 is 9.85. The van der Waals surface area contributed by atoms with E-state index in [1.165, 1.54) is 25.1 Å². The number of rotatable bonds is 5. The van der Waals surface area contributed by atoms with Gasteiger partial charge in [-0.15, -0.1) is 0 Å². The quantitative estimate of drug-likeness (QED) is 0.802. The first-order chi connectivity index (χ1) is 10.0. The van der Waals surface area contributed by atoms with Crippen molar-refractivity contribution in [3.05, 3.63) is 33.3 Å². The Balaban J connectivity index is 1.93. The van der Waals surface area contributed by atoms with Crippen molar-refractivity contribution in [3.8, 4) is 0 Å². The zero-order chi connectivity index (χ0) is 15.4. The first-order valence-corrected chi connectivity index (χ1v) is 9.03. The molecule has 1 aliphatic rings. The van der Waals surface area contributed by atoms with Crippen molar-refractivity contribution in [2.75, 3.05) is 26.7 Å². The first-order valence-electron chi connectivity index (χ1n) is 7.85. The third-order valence-electron chi connectivity index (χ3n) is 4.84. The van der Waals surface area contributed by atoms with E-state index in [1.54, 1.807) is 0 Å². The van der Waals surface area contributed by atoms with E-state index in [9.17, 15) is 0 Å². The van der Waals surface area contributed by atoms with Crippen LogP contribution in [0.15, 0.2) is 22.7 Å². The number of nitrogens with zero attached hydrogens (tertiary/aromatic N) is 1. The molecule has 0 aliphatic carbocycles. The van der Waals surface area contributed by atoms with Crippen LogP contribution >= 0.6 is 27.5 Å². The number of halogens is 2. The number of piperidine rings is 1. The summed E-state index contributed by atoms with van der Waals surface area (Å²) in [6.45, 7) is 8.34. The molecule has 0 amide bonds. The van der Waals surface area contributed by atoms with Gasteiger partial charge in [0, 0.05) is 22.1 Å². The molecule has 1 N–H and O–H groups in total. The lowest BCUT2D eigenvalue weighted by molar-refractivity contribution is 0.134. The molecule has 2 rings (SSSR count). The minimum atomic E-state index is 0.320. The Morgan fingerprint density at radius 1 is 1.38 bits per heavy atom. The van der Waals surface area contributed by atoms with Gasteiger partial charge in [0.15, 0.2) is 0 Å². The van der Waals surface area contributed by atoms with Gasteiger partial charge in [-0.25, -0.2) is 0 Å². The topological polar surface area (TPSA) is 15.3 Å². The maximum atomic E-state index is 6.38. The van der Waals surface area contributed by atoms with E-state index in [1.807, 2.05) is 13.1 Å². The largest absolute Gasteiger partial charge is 0.313 e. The number of nitrogens with one attached hydrogen (secondary N) is 1. The second kappa shape index (κ2) is 7.96. The molecule has 3 unspecified atom stereocenters. The highest BCUT2D eigenvalue weighted by molar-refractivity contribution is 9.10. The normalized spacial score (nSPS) is 25.0. The zero-order valence-corrected chi connectivity index (χ0v) is 15.5. The average Bonchev–Trinajstić information content (AvgIpc) is 2.45. The average molecular weight is 374 g/mol. The fourth-order valence-corrected chi connectivity index (χ4v) is 3.91. The van der Waals surface area contributed by atoms with Crippen LogP contribution in [0, 0.1) is 11.8 Å². The maximum absolute atomic E-state index is 6.38. The van der Waals surface area contributed by atoms with E-state index in [2.05, 4.69) is 52.1 Å². The summed E-state index contributed by atoms with van der Waals surface area (Å²) in [7, 11) is 2.02. The maximum Gasteiger partial charge on any atom is 0.0465 e. The van der Waals surface area contributed by atoms with E-state index < -0.39 is 0 Å². The highest BCUT2D eigenvalue weighted by Crippen LogP contribution is 2.29. The minimum absolute atomic E-state index is 0.320. The van der Waals surface area contributed by atoms with Gasteiger partial charge in [-0.1, -0.05) is 47.4 Å². The molecular formula is C17H26BrClN2. The van der Waals surface area contributed by atoms with Gasteiger partial charge in [0.05, 0.1) is 0 Å². The highest BCUT2D eigenvalue weighted by Gasteiger charge is 2.23. The van der Waals surface area contributed by atoms with Crippen LogP contribution in [0.1, 0.15) is 38.3 Å². The van der Waals surface area contributed by atoms with Crippen molar-refractivity contribution < 1.29 is 0 Å². The molecule has 1 fully saturated rings. The second-order valence-corrected chi connectivity index (χ2v) is 7.66. The first kappa shape index (κ1) is 17.3. The minimum Gasteiger partial charge on any atom is -0.313 e. The summed E-state index contributed by atoms with van der Waals surface area (Å²) in [6.07, 6.45) is 2.42. The lowest BCUT2D eigenvalue weighted by atomic mass is 9.88. The predicted octanol–water partition coefficient (Wildman–Crippen LogP) is 4.73. The Labute approximate surface area is 142 Å². The van der Waals surface area contributed by atoms with Crippen molar-refractivity contribution in [2.24, 2.45) is 11.8 Å². The Hall–Kier alpha value is -0.0900. The molecule has 1 saturated heterocycles. The molecule has 21 heavy (non-hydrogen) atoms. The fourth-order valence-electron chi connectivity index (χ4n) is 3.10. The zero-order valence-electron chi connectivity index (χ0n) is 13.2. The summed E-state index contributed by atoms with van der Waals surface area (Å²) in [5, 5.41) is 4.25. The SMILES string of the molecule is CNC(CCN1CCC(C)C(C)C1)c1ccc(Br)cc1Cl. The molecule has 0 bridgehead atoms. The van der Waals surface area contributed by atoms with Crippen LogP contribution in [0.25, 0.3) is 0 Å². The molecule has 3 atom stereocenters. The predicted molar refractivity (Wildman–Crippen MR) is 95.0 cm³/mol. The molecule has 1 heterocycles. The Morgan fingerprint density at radius 2 is 2.14 bits per heavy atom. The summed E-state index contributed by atoms with van der Waals surface area (Å²) in [6, 6.07) is 6.48. The van der Waals surface area contributed by atoms with Crippen molar-refractivity contribution in [3.63, 3.8) is 0 Å². The number of benzene rings is 1. The lowest BCUT2D eigenvalue weighted by Gasteiger charge is -2.36. The van der Waals surface area contributed by atoms with Gasteiger partial charge in [-0.05, 0) is 62.5 Å². The van der Waals surface area contributed by atoms with Gasteiger partial charge < -0.3 is 10.2 Å². The second-order valence-electron chi connectivity index (χ2n) is 6.34. The van der Waals surface area contributed by atoms with E-state index >= 15 is 0 Å².